The monoisotopic (exact) mass is 271 g/mol. The molecule has 7 heteroatoms. The van der Waals surface area contributed by atoms with Crippen LogP contribution in [-0.2, 0) is 9.47 Å². The summed E-state index contributed by atoms with van der Waals surface area (Å²) < 4.78 is 21.0. The van der Waals surface area contributed by atoms with Gasteiger partial charge in [0.1, 0.15) is 12.9 Å². The molecule has 0 unspecified atom stereocenters. The fraction of sp³-hybridized carbons (Fsp3) is 0.667. The maximum absolute atomic E-state index is 5.50. The van der Waals surface area contributed by atoms with Gasteiger partial charge in [-0.2, -0.15) is 4.98 Å². The molecule has 0 radical (unpaired) electrons. The van der Waals surface area contributed by atoms with E-state index in [9.17, 15) is 0 Å². The molecule has 0 amide bonds. The van der Waals surface area contributed by atoms with Crippen LogP contribution in [0, 0.1) is 0 Å². The van der Waals surface area contributed by atoms with Gasteiger partial charge in [0.2, 0.25) is 5.75 Å². The van der Waals surface area contributed by atoms with E-state index in [1.165, 1.54) is 6.33 Å². The number of anilines is 1. The van der Waals surface area contributed by atoms with E-state index < -0.39 is 0 Å². The van der Waals surface area contributed by atoms with E-state index in [-0.39, 0.29) is 0 Å². The summed E-state index contributed by atoms with van der Waals surface area (Å²) in [4.78, 5) is 8.07. The molecule has 7 nitrogen and oxygen atoms in total. The molecule has 1 rings (SSSR count). The zero-order chi connectivity index (χ0) is 13.9. The Morgan fingerprint density at radius 1 is 1.11 bits per heavy atom. The molecule has 0 saturated heterocycles. The Kier molecular flexibility index (Phi) is 7.60. The highest BCUT2D eigenvalue weighted by Gasteiger charge is 2.11. The van der Waals surface area contributed by atoms with E-state index >= 15 is 0 Å². The molecule has 0 aliphatic carbocycles. The van der Waals surface area contributed by atoms with Gasteiger partial charge >= 0.3 is 0 Å². The Labute approximate surface area is 113 Å². The number of rotatable bonds is 10. The summed E-state index contributed by atoms with van der Waals surface area (Å²) >= 11 is 0. The predicted octanol–water partition coefficient (Wildman–Crippen LogP) is 0.959. The van der Waals surface area contributed by atoms with Crippen LogP contribution in [0.5, 0.6) is 11.6 Å². The highest BCUT2D eigenvalue weighted by atomic mass is 16.5. The van der Waals surface area contributed by atoms with Gasteiger partial charge in [0.05, 0.1) is 13.7 Å². The number of nitrogens with zero attached hydrogens (tertiary/aromatic N) is 2. The van der Waals surface area contributed by atoms with Gasteiger partial charge < -0.3 is 24.3 Å². The number of hydrogen-bond acceptors (Lipinski definition) is 7. The average Bonchev–Trinajstić information content (AvgIpc) is 2.45. The first-order valence-electron chi connectivity index (χ1n) is 6.09. The van der Waals surface area contributed by atoms with Crippen LogP contribution in [0.15, 0.2) is 6.33 Å². The van der Waals surface area contributed by atoms with Crippen molar-refractivity contribution in [2.75, 3.05) is 53.0 Å². The van der Waals surface area contributed by atoms with Crippen molar-refractivity contribution in [1.29, 1.82) is 0 Å². The van der Waals surface area contributed by atoms with Crippen LogP contribution in [0.3, 0.4) is 0 Å². The predicted molar refractivity (Wildman–Crippen MR) is 70.9 cm³/mol. The van der Waals surface area contributed by atoms with Gasteiger partial charge in [-0.15, -0.1) is 0 Å². The molecule has 0 fully saturated rings. The quantitative estimate of drug-likeness (QED) is 0.635. The summed E-state index contributed by atoms with van der Waals surface area (Å²) in [5.74, 6) is 1.49. The molecule has 0 saturated carbocycles. The minimum atomic E-state index is 0.405. The Balaban J connectivity index is 2.33. The van der Waals surface area contributed by atoms with Crippen molar-refractivity contribution in [3.8, 4) is 11.6 Å². The molecule has 1 heterocycles. The van der Waals surface area contributed by atoms with Crippen molar-refractivity contribution in [2.45, 2.75) is 6.42 Å². The highest BCUT2D eigenvalue weighted by Crippen LogP contribution is 2.30. The molecule has 0 atom stereocenters. The van der Waals surface area contributed by atoms with Crippen LogP contribution in [0.1, 0.15) is 6.42 Å². The molecule has 1 N–H and O–H groups in total. The maximum Gasteiger partial charge on any atom is 0.262 e. The van der Waals surface area contributed by atoms with Crippen LogP contribution < -0.4 is 14.8 Å². The van der Waals surface area contributed by atoms with Gasteiger partial charge in [-0.05, 0) is 6.42 Å². The minimum Gasteiger partial charge on any atom is -0.489 e. The standard InChI is InChI=1S/C12H21N3O4/c1-13-11-10(17-3)12(15-9-14-11)19-8-7-18-6-4-5-16-2/h9H,4-8H2,1-3H3,(H,13,14,15). The van der Waals surface area contributed by atoms with E-state index in [2.05, 4.69) is 15.3 Å². The lowest BCUT2D eigenvalue weighted by Gasteiger charge is -2.12. The molecule has 108 valence electrons. The van der Waals surface area contributed by atoms with Crippen LogP contribution >= 0.6 is 0 Å². The van der Waals surface area contributed by atoms with Crippen molar-refractivity contribution in [2.24, 2.45) is 0 Å². The summed E-state index contributed by atoms with van der Waals surface area (Å²) in [5.41, 5.74) is 0. The average molecular weight is 271 g/mol. The second kappa shape index (κ2) is 9.35. The summed E-state index contributed by atoms with van der Waals surface area (Å²) in [7, 11) is 4.98. The minimum absolute atomic E-state index is 0.405. The number of hydrogen-bond donors (Lipinski definition) is 1. The molecule has 0 aliphatic rings. The largest absolute Gasteiger partial charge is 0.489 e. The van der Waals surface area contributed by atoms with Gasteiger partial charge in [-0.1, -0.05) is 0 Å². The van der Waals surface area contributed by atoms with Crippen molar-refractivity contribution in [3.63, 3.8) is 0 Å². The zero-order valence-corrected chi connectivity index (χ0v) is 11.6. The van der Waals surface area contributed by atoms with Crippen LogP contribution in [0.25, 0.3) is 0 Å². The summed E-state index contributed by atoms with van der Waals surface area (Å²) in [6.45, 7) is 2.25. The van der Waals surface area contributed by atoms with Crippen molar-refractivity contribution < 1.29 is 18.9 Å². The molecule has 0 bridgehead atoms. The Morgan fingerprint density at radius 3 is 2.63 bits per heavy atom. The second-order valence-corrected chi connectivity index (χ2v) is 3.62. The van der Waals surface area contributed by atoms with Gasteiger partial charge in [-0.3, -0.25) is 0 Å². The van der Waals surface area contributed by atoms with Gasteiger partial charge in [0.25, 0.3) is 5.88 Å². The molecular formula is C12H21N3O4. The van der Waals surface area contributed by atoms with Crippen molar-refractivity contribution in [1.82, 2.24) is 9.97 Å². The van der Waals surface area contributed by atoms with E-state index in [0.29, 0.717) is 43.9 Å². The SMILES string of the molecule is CNc1ncnc(OCCOCCCOC)c1OC. The van der Waals surface area contributed by atoms with E-state index in [0.717, 1.165) is 6.42 Å². The van der Waals surface area contributed by atoms with E-state index in [1.807, 2.05) is 0 Å². The van der Waals surface area contributed by atoms with Gasteiger partial charge in [0, 0.05) is 27.4 Å². The third kappa shape index (κ3) is 5.27. The fourth-order valence-electron chi connectivity index (χ4n) is 1.43. The third-order valence-electron chi connectivity index (χ3n) is 2.32. The third-order valence-corrected chi connectivity index (χ3v) is 2.32. The molecule has 19 heavy (non-hydrogen) atoms. The second-order valence-electron chi connectivity index (χ2n) is 3.62. The fourth-order valence-corrected chi connectivity index (χ4v) is 1.43. The summed E-state index contributed by atoms with van der Waals surface area (Å²) in [6.07, 6.45) is 2.29. The van der Waals surface area contributed by atoms with Crippen LogP contribution in [-0.4, -0.2) is 57.7 Å². The maximum atomic E-state index is 5.50. The van der Waals surface area contributed by atoms with Crippen LogP contribution in [0.2, 0.25) is 0 Å². The first-order chi connectivity index (χ1) is 9.33. The Morgan fingerprint density at radius 2 is 1.95 bits per heavy atom. The molecule has 0 aliphatic heterocycles. The Hall–Kier alpha value is -1.60. The molecule has 0 spiro atoms. The van der Waals surface area contributed by atoms with Gasteiger partial charge in [-0.25, -0.2) is 4.98 Å². The zero-order valence-electron chi connectivity index (χ0n) is 11.6. The molecule has 1 aromatic rings. The lowest BCUT2D eigenvalue weighted by atomic mass is 10.5. The van der Waals surface area contributed by atoms with Gasteiger partial charge in [0.15, 0.2) is 5.82 Å². The Bertz CT molecular complexity index is 363. The smallest absolute Gasteiger partial charge is 0.262 e. The first kappa shape index (κ1) is 15.5. The molecule has 0 aromatic carbocycles. The van der Waals surface area contributed by atoms with E-state index in [1.54, 1.807) is 21.3 Å². The number of ether oxygens (including phenoxy) is 4. The topological polar surface area (TPSA) is 74.7 Å². The summed E-state index contributed by atoms with van der Waals surface area (Å²) in [5, 5.41) is 2.91. The van der Waals surface area contributed by atoms with Crippen LogP contribution in [0.4, 0.5) is 5.82 Å². The summed E-state index contributed by atoms with van der Waals surface area (Å²) in [6, 6.07) is 0. The number of aromatic nitrogens is 2. The highest BCUT2D eigenvalue weighted by molar-refractivity contribution is 5.54. The first-order valence-corrected chi connectivity index (χ1v) is 6.09. The molecule has 1 aromatic heterocycles. The lowest BCUT2D eigenvalue weighted by Crippen LogP contribution is -2.10. The van der Waals surface area contributed by atoms with Crippen molar-refractivity contribution in [3.05, 3.63) is 6.33 Å². The van der Waals surface area contributed by atoms with E-state index in [4.69, 9.17) is 18.9 Å². The van der Waals surface area contributed by atoms with Crippen molar-refractivity contribution >= 4 is 5.82 Å². The lowest BCUT2D eigenvalue weighted by molar-refractivity contribution is 0.0787. The molecular weight excluding hydrogens is 250 g/mol. The number of nitrogens with one attached hydrogen (secondary N) is 1. The normalized spacial score (nSPS) is 10.3. The number of methoxy groups -OCH3 is 2.